The molecule has 0 saturated carbocycles. The molecule has 98 valence electrons. The number of carboxylic acid groups (broad SMARTS) is 1. The highest BCUT2D eigenvalue weighted by molar-refractivity contribution is 5.89. The number of carboxylic acids is 1. The fourth-order valence-corrected chi connectivity index (χ4v) is 1.90. The highest BCUT2D eigenvalue weighted by Crippen LogP contribution is 2.09. The summed E-state index contributed by atoms with van der Waals surface area (Å²) in [5.41, 5.74) is 3.43. The first-order valence-corrected chi connectivity index (χ1v) is 6.10. The number of pyridine rings is 1. The molecule has 0 radical (unpaired) electrons. The van der Waals surface area contributed by atoms with Gasteiger partial charge < -0.3 is 10.4 Å². The predicted octanol–water partition coefficient (Wildman–Crippen LogP) is 2.38. The van der Waals surface area contributed by atoms with Crippen molar-refractivity contribution in [2.75, 3.05) is 0 Å². The first-order chi connectivity index (χ1) is 9.18. The molecule has 1 aromatic heterocycles. The summed E-state index contributed by atoms with van der Waals surface area (Å²) in [7, 11) is 0. The maximum absolute atomic E-state index is 11.1. The lowest BCUT2D eigenvalue weighted by atomic mass is 10.1. The Bertz CT molecular complexity index is 582. The van der Waals surface area contributed by atoms with Crippen LogP contribution in [0, 0.1) is 6.92 Å². The largest absolute Gasteiger partial charge is 0.478 e. The molecule has 2 N–H and O–H groups in total. The van der Waals surface area contributed by atoms with Gasteiger partial charge in [-0.05, 0) is 35.7 Å². The zero-order valence-corrected chi connectivity index (χ0v) is 10.8. The van der Waals surface area contributed by atoms with Crippen LogP contribution in [-0.2, 0) is 13.1 Å². The molecule has 2 rings (SSSR count). The minimum atomic E-state index is -0.894. The first kappa shape index (κ1) is 13.2. The molecule has 0 bridgehead atoms. The van der Waals surface area contributed by atoms with Crippen molar-refractivity contribution < 1.29 is 9.90 Å². The normalized spacial score (nSPS) is 10.4. The summed E-state index contributed by atoms with van der Waals surface area (Å²) in [6, 6.07) is 8.99. The topological polar surface area (TPSA) is 62.2 Å². The number of hydrogen-bond acceptors (Lipinski definition) is 3. The van der Waals surface area contributed by atoms with Gasteiger partial charge in [-0.1, -0.05) is 18.2 Å². The van der Waals surface area contributed by atoms with Crippen molar-refractivity contribution in [2.24, 2.45) is 0 Å². The second-order valence-corrected chi connectivity index (χ2v) is 4.37. The molecule has 19 heavy (non-hydrogen) atoms. The highest BCUT2D eigenvalue weighted by atomic mass is 16.4. The van der Waals surface area contributed by atoms with Gasteiger partial charge in [0.15, 0.2) is 0 Å². The molecule has 0 aliphatic carbocycles. The number of hydrogen-bond donors (Lipinski definition) is 2. The molecule has 4 nitrogen and oxygen atoms in total. The van der Waals surface area contributed by atoms with E-state index in [-0.39, 0.29) is 0 Å². The van der Waals surface area contributed by atoms with Gasteiger partial charge in [0.05, 0.1) is 5.56 Å². The predicted molar refractivity (Wildman–Crippen MR) is 72.9 cm³/mol. The van der Waals surface area contributed by atoms with Crippen molar-refractivity contribution in [1.82, 2.24) is 10.3 Å². The molecule has 2 aromatic rings. The Morgan fingerprint density at radius 1 is 1.21 bits per heavy atom. The van der Waals surface area contributed by atoms with Crippen LogP contribution in [0.1, 0.15) is 27.0 Å². The van der Waals surface area contributed by atoms with E-state index in [9.17, 15) is 4.79 Å². The van der Waals surface area contributed by atoms with E-state index < -0.39 is 5.97 Å². The Balaban J connectivity index is 2.00. The maximum atomic E-state index is 11.1. The van der Waals surface area contributed by atoms with Crippen LogP contribution in [0.25, 0.3) is 0 Å². The zero-order valence-electron chi connectivity index (χ0n) is 10.8. The van der Waals surface area contributed by atoms with Crippen molar-refractivity contribution in [3.8, 4) is 0 Å². The van der Waals surface area contributed by atoms with Crippen LogP contribution in [-0.4, -0.2) is 16.1 Å². The number of rotatable bonds is 5. The Hall–Kier alpha value is -2.20. The molecule has 0 aliphatic heterocycles. The van der Waals surface area contributed by atoms with Gasteiger partial charge in [-0.15, -0.1) is 0 Å². The summed E-state index contributed by atoms with van der Waals surface area (Å²) in [6.07, 6.45) is 3.59. The van der Waals surface area contributed by atoms with Gasteiger partial charge >= 0.3 is 5.97 Å². The van der Waals surface area contributed by atoms with Crippen LogP contribution in [0.4, 0.5) is 0 Å². The summed E-state index contributed by atoms with van der Waals surface area (Å²) in [6.45, 7) is 3.23. The maximum Gasteiger partial charge on any atom is 0.336 e. The van der Waals surface area contributed by atoms with E-state index in [1.165, 1.54) is 5.56 Å². The third-order valence-electron chi connectivity index (χ3n) is 3.03. The van der Waals surface area contributed by atoms with Crippen LogP contribution in [0.3, 0.4) is 0 Å². The lowest BCUT2D eigenvalue weighted by Gasteiger charge is -2.09. The molecule has 0 saturated heterocycles. The fourth-order valence-electron chi connectivity index (χ4n) is 1.90. The van der Waals surface area contributed by atoms with Crippen molar-refractivity contribution in [1.29, 1.82) is 0 Å². The summed E-state index contributed by atoms with van der Waals surface area (Å²) >= 11 is 0. The minimum Gasteiger partial charge on any atom is -0.478 e. The number of benzene rings is 1. The molecule has 0 fully saturated rings. The van der Waals surface area contributed by atoms with Gasteiger partial charge in [0, 0.05) is 25.5 Å². The van der Waals surface area contributed by atoms with Crippen LogP contribution in [0.5, 0.6) is 0 Å². The van der Waals surface area contributed by atoms with E-state index in [2.05, 4.69) is 10.3 Å². The Morgan fingerprint density at radius 2 is 1.95 bits per heavy atom. The molecule has 0 aliphatic rings. The molecule has 1 heterocycles. The molecule has 1 aromatic carbocycles. The smallest absolute Gasteiger partial charge is 0.336 e. The van der Waals surface area contributed by atoms with E-state index in [4.69, 9.17) is 5.11 Å². The van der Waals surface area contributed by atoms with E-state index in [0.717, 1.165) is 11.1 Å². The van der Waals surface area contributed by atoms with E-state index in [1.54, 1.807) is 18.3 Å². The lowest BCUT2D eigenvalue weighted by molar-refractivity contribution is 0.0695. The van der Waals surface area contributed by atoms with Crippen LogP contribution in [0.2, 0.25) is 0 Å². The van der Waals surface area contributed by atoms with Gasteiger partial charge in [-0.3, -0.25) is 4.98 Å². The molecule has 0 spiro atoms. The van der Waals surface area contributed by atoms with E-state index >= 15 is 0 Å². The molecule has 0 amide bonds. The van der Waals surface area contributed by atoms with Gasteiger partial charge in [0.25, 0.3) is 0 Å². The third kappa shape index (κ3) is 3.39. The molecule has 4 heteroatoms. The SMILES string of the molecule is Cc1ccncc1CNCc1ccccc1C(=O)O. The minimum absolute atomic E-state index is 0.345. The second-order valence-electron chi connectivity index (χ2n) is 4.37. The van der Waals surface area contributed by atoms with Crippen molar-refractivity contribution in [3.05, 3.63) is 65.0 Å². The Labute approximate surface area is 112 Å². The summed E-state index contributed by atoms with van der Waals surface area (Å²) in [5, 5.41) is 12.3. The van der Waals surface area contributed by atoms with Crippen LogP contribution < -0.4 is 5.32 Å². The summed E-state index contributed by atoms with van der Waals surface area (Å²) < 4.78 is 0. The number of carbonyl (C=O) groups is 1. The number of nitrogens with zero attached hydrogens (tertiary/aromatic N) is 1. The molecular weight excluding hydrogens is 240 g/mol. The second kappa shape index (κ2) is 6.11. The highest BCUT2D eigenvalue weighted by Gasteiger charge is 2.08. The monoisotopic (exact) mass is 256 g/mol. The number of nitrogens with one attached hydrogen (secondary N) is 1. The quantitative estimate of drug-likeness (QED) is 0.862. The number of aryl methyl sites for hydroxylation is 1. The molecule has 0 unspecified atom stereocenters. The van der Waals surface area contributed by atoms with Crippen molar-refractivity contribution in [3.63, 3.8) is 0 Å². The number of aromatic nitrogens is 1. The third-order valence-corrected chi connectivity index (χ3v) is 3.03. The van der Waals surface area contributed by atoms with Gasteiger partial charge in [0.1, 0.15) is 0 Å². The van der Waals surface area contributed by atoms with E-state index in [0.29, 0.717) is 18.7 Å². The zero-order chi connectivity index (χ0) is 13.7. The molecular formula is C15H16N2O2. The van der Waals surface area contributed by atoms with E-state index in [1.807, 2.05) is 31.3 Å². The lowest BCUT2D eigenvalue weighted by Crippen LogP contribution is -2.16. The number of aromatic carboxylic acids is 1. The average molecular weight is 256 g/mol. The standard InChI is InChI=1S/C15H16N2O2/c1-11-6-7-16-9-13(11)10-17-8-12-4-2-3-5-14(12)15(18)19/h2-7,9,17H,8,10H2,1H3,(H,18,19). The molecule has 0 atom stereocenters. The first-order valence-electron chi connectivity index (χ1n) is 6.10. The Kier molecular flexibility index (Phi) is 4.26. The van der Waals surface area contributed by atoms with Gasteiger partial charge in [0.2, 0.25) is 0 Å². The van der Waals surface area contributed by atoms with Crippen LogP contribution in [0.15, 0.2) is 42.7 Å². The van der Waals surface area contributed by atoms with Crippen LogP contribution >= 0.6 is 0 Å². The summed E-state index contributed by atoms with van der Waals surface area (Å²) in [4.78, 5) is 15.2. The van der Waals surface area contributed by atoms with Gasteiger partial charge in [-0.2, -0.15) is 0 Å². The fraction of sp³-hybridized carbons (Fsp3) is 0.200. The van der Waals surface area contributed by atoms with Gasteiger partial charge in [-0.25, -0.2) is 4.79 Å². The average Bonchev–Trinajstić information content (AvgIpc) is 2.41. The van der Waals surface area contributed by atoms with Crippen molar-refractivity contribution >= 4 is 5.97 Å². The summed E-state index contributed by atoms with van der Waals surface area (Å²) in [5.74, 6) is -0.894. The Morgan fingerprint density at radius 3 is 2.68 bits per heavy atom. The van der Waals surface area contributed by atoms with Crippen molar-refractivity contribution in [2.45, 2.75) is 20.0 Å².